The van der Waals surface area contributed by atoms with Crippen molar-refractivity contribution in [3.05, 3.63) is 180 Å². The van der Waals surface area contributed by atoms with E-state index in [1.54, 1.807) is 0 Å². The van der Waals surface area contributed by atoms with Gasteiger partial charge in [-0.3, -0.25) is 0 Å². The van der Waals surface area contributed by atoms with Crippen molar-refractivity contribution in [1.29, 1.82) is 0 Å². The summed E-state index contributed by atoms with van der Waals surface area (Å²) in [7, 11) is 0. The SMILES string of the molecule is CC1(C)c2ccccc2-c2ccc(-c3nc(-c4ccccc4)nc(-c4ccc5c(c4)-c4ccc(-n6c7ccccc7c7ccccc76)cc4C5(C)C)n3)cc21. The molecule has 0 atom stereocenters. The van der Waals surface area contributed by atoms with E-state index in [-0.39, 0.29) is 10.8 Å². The van der Waals surface area contributed by atoms with E-state index in [4.69, 9.17) is 15.0 Å². The number of para-hydroxylation sites is 2. The van der Waals surface area contributed by atoms with Crippen LogP contribution in [0.2, 0.25) is 0 Å². The van der Waals surface area contributed by atoms with Gasteiger partial charge < -0.3 is 4.57 Å². The van der Waals surface area contributed by atoms with Gasteiger partial charge in [-0.15, -0.1) is 0 Å². The Balaban J connectivity index is 1.05. The molecule has 4 nitrogen and oxygen atoms in total. The Kier molecular flexibility index (Phi) is 6.61. The maximum absolute atomic E-state index is 5.22. The number of hydrogen-bond donors (Lipinski definition) is 0. The van der Waals surface area contributed by atoms with Gasteiger partial charge in [0.2, 0.25) is 0 Å². The summed E-state index contributed by atoms with van der Waals surface area (Å²) in [5.74, 6) is 2.01. The molecular formula is C51H38N4. The van der Waals surface area contributed by atoms with Gasteiger partial charge in [-0.05, 0) is 80.9 Å². The van der Waals surface area contributed by atoms with E-state index in [2.05, 4.69) is 172 Å². The fourth-order valence-corrected chi connectivity index (χ4v) is 9.41. The van der Waals surface area contributed by atoms with Crippen molar-refractivity contribution in [3.8, 4) is 62.1 Å². The summed E-state index contributed by atoms with van der Waals surface area (Å²) >= 11 is 0. The molecule has 0 N–H and O–H groups in total. The topological polar surface area (TPSA) is 43.6 Å². The minimum Gasteiger partial charge on any atom is -0.309 e. The second kappa shape index (κ2) is 11.4. The summed E-state index contributed by atoms with van der Waals surface area (Å²) < 4.78 is 2.41. The molecule has 4 heteroatoms. The summed E-state index contributed by atoms with van der Waals surface area (Å²) in [5.41, 5.74) is 16.6. The van der Waals surface area contributed by atoms with Crippen LogP contribution < -0.4 is 0 Å². The largest absolute Gasteiger partial charge is 0.309 e. The minimum absolute atomic E-state index is 0.123. The Morgan fingerprint density at radius 1 is 0.364 bits per heavy atom. The molecule has 0 unspecified atom stereocenters. The van der Waals surface area contributed by atoms with Gasteiger partial charge in [-0.2, -0.15) is 0 Å². The standard InChI is InChI=1S/C51H38N4/c1-50(2)41-19-11-8-16-35(41)36-25-22-33(29-43(36)50)49-53-47(31-14-6-5-7-15-31)52-48(54-49)32-23-27-42-40(28-32)37-26-24-34(30-44(37)51(42,3)4)55-45-20-12-9-17-38(45)39-18-10-13-21-46(39)55/h5-30H,1-4H3. The minimum atomic E-state index is -0.188. The molecule has 262 valence electrons. The van der Waals surface area contributed by atoms with Crippen molar-refractivity contribution in [2.75, 3.05) is 0 Å². The van der Waals surface area contributed by atoms with Crippen molar-refractivity contribution in [2.24, 2.45) is 0 Å². The van der Waals surface area contributed by atoms with Crippen LogP contribution in [0.5, 0.6) is 0 Å². The number of hydrogen-bond acceptors (Lipinski definition) is 3. The average Bonchev–Trinajstić information content (AvgIpc) is 3.77. The molecule has 0 radical (unpaired) electrons. The van der Waals surface area contributed by atoms with Crippen LogP contribution in [0, 0.1) is 0 Å². The van der Waals surface area contributed by atoms with Gasteiger partial charge in [-0.1, -0.05) is 149 Å². The molecule has 0 saturated heterocycles. The van der Waals surface area contributed by atoms with Crippen LogP contribution in [0.25, 0.3) is 83.9 Å². The fraction of sp³-hybridized carbons (Fsp3) is 0.118. The van der Waals surface area contributed by atoms with Gasteiger partial charge in [0.25, 0.3) is 0 Å². The van der Waals surface area contributed by atoms with Crippen molar-refractivity contribution < 1.29 is 0 Å². The van der Waals surface area contributed by atoms with Gasteiger partial charge in [0.05, 0.1) is 11.0 Å². The molecule has 0 aliphatic heterocycles. The first-order valence-electron chi connectivity index (χ1n) is 19.1. The smallest absolute Gasteiger partial charge is 0.164 e. The van der Waals surface area contributed by atoms with E-state index in [0.29, 0.717) is 17.5 Å². The first-order chi connectivity index (χ1) is 26.8. The predicted octanol–water partition coefficient (Wildman–Crippen LogP) is 12.6. The van der Waals surface area contributed by atoms with E-state index >= 15 is 0 Å². The summed E-state index contributed by atoms with van der Waals surface area (Å²) in [6.07, 6.45) is 0. The maximum Gasteiger partial charge on any atom is 0.164 e. The number of aromatic nitrogens is 4. The Hall–Kier alpha value is -6.65. The van der Waals surface area contributed by atoms with Crippen LogP contribution in [0.4, 0.5) is 0 Å². The second-order valence-electron chi connectivity index (χ2n) is 16.1. The lowest BCUT2D eigenvalue weighted by molar-refractivity contribution is 0.660. The molecule has 0 amide bonds. The van der Waals surface area contributed by atoms with Gasteiger partial charge in [0.15, 0.2) is 17.5 Å². The lowest BCUT2D eigenvalue weighted by atomic mass is 9.82. The molecule has 0 bridgehead atoms. The molecule has 2 aliphatic carbocycles. The number of rotatable bonds is 4. The zero-order valence-electron chi connectivity index (χ0n) is 31.3. The van der Waals surface area contributed by atoms with Gasteiger partial charge in [-0.25, -0.2) is 15.0 Å². The summed E-state index contributed by atoms with van der Waals surface area (Å²) in [6.45, 7) is 9.31. The molecule has 2 heterocycles. The van der Waals surface area contributed by atoms with Crippen molar-refractivity contribution >= 4 is 21.8 Å². The van der Waals surface area contributed by atoms with Crippen molar-refractivity contribution in [3.63, 3.8) is 0 Å². The molecule has 2 aromatic heterocycles. The number of nitrogens with zero attached hydrogens (tertiary/aromatic N) is 4. The highest BCUT2D eigenvalue weighted by Crippen LogP contribution is 2.51. The quantitative estimate of drug-likeness (QED) is 0.183. The van der Waals surface area contributed by atoms with Crippen LogP contribution in [0.1, 0.15) is 49.9 Å². The molecule has 55 heavy (non-hydrogen) atoms. The van der Waals surface area contributed by atoms with E-state index in [1.807, 2.05) is 18.2 Å². The lowest BCUT2D eigenvalue weighted by Crippen LogP contribution is -2.15. The van der Waals surface area contributed by atoms with Gasteiger partial charge in [0.1, 0.15) is 0 Å². The number of fused-ring (bicyclic) bond motifs is 9. The lowest BCUT2D eigenvalue weighted by Gasteiger charge is -2.22. The average molecular weight is 707 g/mol. The van der Waals surface area contributed by atoms with E-state index in [0.717, 1.165) is 16.7 Å². The summed E-state index contributed by atoms with van der Waals surface area (Å²) in [5, 5.41) is 2.54. The summed E-state index contributed by atoms with van der Waals surface area (Å²) in [4.78, 5) is 15.5. The molecule has 11 rings (SSSR count). The Bertz CT molecular complexity index is 2990. The second-order valence-corrected chi connectivity index (χ2v) is 16.1. The Labute approximate surface area is 320 Å². The molecular weight excluding hydrogens is 669 g/mol. The number of benzene rings is 7. The third-order valence-corrected chi connectivity index (χ3v) is 12.3. The van der Waals surface area contributed by atoms with Crippen LogP contribution >= 0.6 is 0 Å². The highest BCUT2D eigenvalue weighted by Gasteiger charge is 2.37. The fourth-order valence-electron chi connectivity index (χ4n) is 9.41. The summed E-state index contributed by atoms with van der Waals surface area (Å²) in [6, 6.07) is 56.9. The van der Waals surface area contributed by atoms with Crippen molar-refractivity contribution in [2.45, 2.75) is 38.5 Å². The van der Waals surface area contributed by atoms with Crippen LogP contribution in [-0.2, 0) is 10.8 Å². The van der Waals surface area contributed by atoms with Crippen molar-refractivity contribution in [1.82, 2.24) is 19.5 Å². The Morgan fingerprint density at radius 3 is 1.56 bits per heavy atom. The van der Waals surface area contributed by atoms with Gasteiger partial charge in [0, 0.05) is 44.0 Å². The highest BCUT2D eigenvalue weighted by molar-refractivity contribution is 6.09. The predicted molar refractivity (Wildman–Crippen MR) is 226 cm³/mol. The van der Waals surface area contributed by atoms with E-state index in [9.17, 15) is 0 Å². The zero-order chi connectivity index (χ0) is 37.1. The van der Waals surface area contributed by atoms with Gasteiger partial charge >= 0.3 is 0 Å². The van der Waals surface area contributed by atoms with E-state index < -0.39 is 0 Å². The zero-order valence-corrected chi connectivity index (χ0v) is 31.3. The Morgan fingerprint density at radius 2 is 0.855 bits per heavy atom. The first kappa shape index (κ1) is 31.8. The first-order valence-corrected chi connectivity index (χ1v) is 19.1. The molecule has 7 aromatic carbocycles. The highest BCUT2D eigenvalue weighted by atomic mass is 15.0. The molecule has 0 fully saturated rings. The molecule has 2 aliphatic rings. The normalized spacial score (nSPS) is 14.5. The maximum atomic E-state index is 5.22. The molecule has 0 spiro atoms. The third kappa shape index (κ3) is 4.61. The van der Waals surface area contributed by atoms with Crippen LogP contribution in [0.3, 0.4) is 0 Å². The van der Waals surface area contributed by atoms with E-state index in [1.165, 1.54) is 72.0 Å². The van der Waals surface area contributed by atoms with Crippen LogP contribution in [-0.4, -0.2) is 19.5 Å². The molecule has 0 saturated carbocycles. The molecule has 9 aromatic rings. The van der Waals surface area contributed by atoms with Crippen LogP contribution in [0.15, 0.2) is 158 Å². The monoisotopic (exact) mass is 706 g/mol. The third-order valence-electron chi connectivity index (χ3n) is 12.3.